The van der Waals surface area contributed by atoms with Crippen LogP contribution in [0.4, 0.5) is 0 Å². The zero-order valence-corrected chi connectivity index (χ0v) is 12.1. The first-order valence-corrected chi connectivity index (χ1v) is 6.90. The number of nitrogens with zero attached hydrogens (tertiary/aromatic N) is 5. The second kappa shape index (κ2) is 7.53. The summed E-state index contributed by atoms with van der Waals surface area (Å²) in [6.45, 7) is 3.22. The molecule has 8 nitrogen and oxygen atoms in total. The fourth-order valence-corrected chi connectivity index (χ4v) is 2.07. The third kappa shape index (κ3) is 4.67. The molecule has 0 radical (unpaired) electrons. The summed E-state index contributed by atoms with van der Waals surface area (Å²) in [6.07, 6.45) is 5.91. The number of aromatic amines is 1. The van der Waals surface area contributed by atoms with Crippen LogP contribution in [0.3, 0.4) is 0 Å². The van der Waals surface area contributed by atoms with E-state index in [0.29, 0.717) is 32.5 Å². The average Bonchev–Trinajstić information content (AvgIpc) is 3.10. The molecule has 0 bridgehead atoms. The minimum atomic E-state index is -0.0536. The van der Waals surface area contributed by atoms with Gasteiger partial charge in [-0.25, -0.2) is 9.97 Å². The first-order valence-electron chi connectivity index (χ1n) is 6.90. The summed E-state index contributed by atoms with van der Waals surface area (Å²) < 4.78 is 1.70. The summed E-state index contributed by atoms with van der Waals surface area (Å²) >= 11 is 0. The molecule has 0 aliphatic carbocycles. The molecule has 0 spiro atoms. The normalized spacial score (nSPS) is 10.8. The fraction of sp³-hybridized carbons (Fsp3) is 0.538. The van der Waals surface area contributed by atoms with Gasteiger partial charge in [-0.05, 0) is 13.3 Å². The second-order valence-corrected chi connectivity index (χ2v) is 4.79. The molecule has 2 aromatic rings. The molecule has 0 saturated carbocycles. The van der Waals surface area contributed by atoms with Crippen molar-refractivity contribution in [2.75, 3.05) is 13.2 Å². The maximum atomic E-state index is 12.2. The van der Waals surface area contributed by atoms with Gasteiger partial charge in [0.05, 0.1) is 25.0 Å². The Hall–Kier alpha value is -2.22. The molecule has 1 amide bonds. The zero-order chi connectivity index (χ0) is 15.1. The number of hydrogen-bond donors (Lipinski definition) is 2. The summed E-state index contributed by atoms with van der Waals surface area (Å²) in [5.74, 6) is 0.823. The van der Waals surface area contributed by atoms with Crippen molar-refractivity contribution in [1.82, 2.24) is 29.6 Å². The van der Waals surface area contributed by atoms with Gasteiger partial charge in [0.2, 0.25) is 5.91 Å². The minimum absolute atomic E-state index is 0.0106. The zero-order valence-electron chi connectivity index (χ0n) is 12.1. The third-order valence-corrected chi connectivity index (χ3v) is 3.08. The van der Waals surface area contributed by atoms with Crippen LogP contribution in [-0.4, -0.2) is 53.8 Å². The van der Waals surface area contributed by atoms with Gasteiger partial charge in [-0.15, -0.1) is 0 Å². The molecule has 114 valence electrons. The van der Waals surface area contributed by atoms with Gasteiger partial charge in [0.1, 0.15) is 18.5 Å². The van der Waals surface area contributed by atoms with Gasteiger partial charge in [-0.3, -0.25) is 9.48 Å². The van der Waals surface area contributed by atoms with Crippen molar-refractivity contribution in [3.63, 3.8) is 0 Å². The van der Waals surface area contributed by atoms with Crippen LogP contribution in [0.1, 0.15) is 24.4 Å². The number of nitrogens with one attached hydrogen (secondary N) is 1. The van der Waals surface area contributed by atoms with Crippen LogP contribution in [0.5, 0.6) is 0 Å². The molecule has 2 heterocycles. The highest BCUT2D eigenvalue weighted by Gasteiger charge is 2.14. The fourth-order valence-electron chi connectivity index (χ4n) is 2.07. The quantitative estimate of drug-likeness (QED) is 0.719. The molecule has 0 aromatic carbocycles. The average molecular weight is 292 g/mol. The van der Waals surface area contributed by atoms with Crippen molar-refractivity contribution in [2.45, 2.75) is 32.9 Å². The van der Waals surface area contributed by atoms with Crippen LogP contribution in [0, 0.1) is 6.92 Å². The first-order chi connectivity index (χ1) is 10.2. The largest absolute Gasteiger partial charge is 0.395 e. The smallest absolute Gasteiger partial charge is 0.223 e. The van der Waals surface area contributed by atoms with E-state index in [2.05, 4.69) is 20.1 Å². The number of aryl methyl sites for hydroxylation is 2. The molecule has 21 heavy (non-hydrogen) atoms. The van der Waals surface area contributed by atoms with Crippen molar-refractivity contribution >= 4 is 5.91 Å². The van der Waals surface area contributed by atoms with E-state index < -0.39 is 0 Å². The topological polar surface area (TPSA) is 99.9 Å². The number of amides is 1. The molecule has 2 aromatic heterocycles. The van der Waals surface area contributed by atoms with Gasteiger partial charge >= 0.3 is 0 Å². The Kier molecular flexibility index (Phi) is 5.44. The molecule has 2 N–H and O–H groups in total. The highest BCUT2D eigenvalue weighted by Crippen LogP contribution is 2.06. The lowest BCUT2D eigenvalue weighted by molar-refractivity contribution is -0.132. The van der Waals surface area contributed by atoms with E-state index in [-0.39, 0.29) is 12.5 Å². The predicted molar refractivity (Wildman–Crippen MR) is 75.1 cm³/mol. The molecule has 0 saturated heterocycles. The molecule has 8 heteroatoms. The maximum Gasteiger partial charge on any atom is 0.223 e. The first kappa shape index (κ1) is 15.2. The SMILES string of the molecule is Cc1ncc(CN(CCO)C(=O)CCCn2cncn2)[nH]1. The highest BCUT2D eigenvalue weighted by atomic mass is 16.3. The monoisotopic (exact) mass is 292 g/mol. The van der Waals surface area contributed by atoms with Crippen molar-refractivity contribution in [1.29, 1.82) is 0 Å². The van der Waals surface area contributed by atoms with Crippen LogP contribution in [-0.2, 0) is 17.9 Å². The standard InChI is InChI=1S/C13H20N6O2/c1-11-15-7-12(17-11)8-18(5-6-20)13(21)3-2-4-19-10-14-9-16-19/h7,9-10,20H,2-6,8H2,1H3,(H,15,17). The number of carbonyl (C=O) groups is 1. The van der Waals surface area contributed by atoms with Crippen molar-refractivity contribution in [2.24, 2.45) is 0 Å². The molecule has 0 aliphatic rings. The van der Waals surface area contributed by atoms with Gasteiger partial charge in [0.15, 0.2) is 0 Å². The van der Waals surface area contributed by atoms with Gasteiger partial charge in [0, 0.05) is 19.5 Å². The second-order valence-electron chi connectivity index (χ2n) is 4.79. The minimum Gasteiger partial charge on any atom is -0.395 e. The lowest BCUT2D eigenvalue weighted by Crippen LogP contribution is -2.33. The lowest BCUT2D eigenvalue weighted by atomic mass is 10.2. The van der Waals surface area contributed by atoms with Gasteiger partial charge in [0.25, 0.3) is 0 Å². The van der Waals surface area contributed by atoms with Crippen LogP contribution < -0.4 is 0 Å². The summed E-state index contributed by atoms with van der Waals surface area (Å²) in [6, 6.07) is 0. The number of aliphatic hydroxyl groups is 1. The summed E-state index contributed by atoms with van der Waals surface area (Å²) in [4.78, 5) is 24.9. The molecule has 0 atom stereocenters. The molecule has 0 unspecified atom stereocenters. The van der Waals surface area contributed by atoms with E-state index in [9.17, 15) is 4.79 Å². The molecule has 0 aliphatic heterocycles. The molecular weight excluding hydrogens is 272 g/mol. The Bertz CT molecular complexity index is 551. The number of aromatic nitrogens is 5. The van der Waals surface area contributed by atoms with E-state index in [4.69, 9.17) is 5.11 Å². The Morgan fingerprint density at radius 2 is 2.38 bits per heavy atom. The van der Waals surface area contributed by atoms with E-state index in [1.807, 2.05) is 6.92 Å². The van der Waals surface area contributed by atoms with E-state index >= 15 is 0 Å². The summed E-state index contributed by atoms with van der Waals surface area (Å²) in [5.41, 5.74) is 0.866. The summed E-state index contributed by atoms with van der Waals surface area (Å²) in [7, 11) is 0. The van der Waals surface area contributed by atoms with Crippen molar-refractivity contribution < 1.29 is 9.90 Å². The highest BCUT2D eigenvalue weighted by molar-refractivity contribution is 5.76. The number of imidazole rings is 1. The molecular formula is C13H20N6O2. The van der Waals surface area contributed by atoms with Crippen molar-refractivity contribution in [3.05, 3.63) is 30.4 Å². The Balaban J connectivity index is 1.83. The van der Waals surface area contributed by atoms with Crippen LogP contribution >= 0.6 is 0 Å². The van der Waals surface area contributed by atoms with Crippen LogP contribution in [0.2, 0.25) is 0 Å². The Morgan fingerprint density at radius 3 is 3.00 bits per heavy atom. The molecule has 0 fully saturated rings. The third-order valence-electron chi connectivity index (χ3n) is 3.08. The van der Waals surface area contributed by atoms with Crippen molar-refractivity contribution in [3.8, 4) is 0 Å². The number of rotatable bonds is 8. The predicted octanol–water partition coefficient (Wildman–Crippen LogP) is 0.111. The van der Waals surface area contributed by atoms with Crippen LogP contribution in [0.15, 0.2) is 18.9 Å². The summed E-state index contributed by atoms with van der Waals surface area (Å²) in [5, 5.41) is 13.1. The number of hydrogen-bond acceptors (Lipinski definition) is 5. The van der Waals surface area contributed by atoms with Gasteiger partial charge in [-0.2, -0.15) is 5.10 Å². The Labute approximate surface area is 122 Å². The Morgan fingerprint density at radius 1 is 1.52 bits per heavy atom. The van der Waals surface area contributed by atoms with E-state index in [0.717, 1.165) is 11.5 Å². The maximum absolute atomic E-state index is 12.2. The van der Waals surface area contributed by atoms with E-state index in [1.54, 1.807) is 22.1 Å². The number of aliphatic hydroxyl groups excluding tert-OH is 1. The van der Waals surface area contributed by atoms with Gasteiger partial charge in [-0.1, -0.05) is 0 Å². The van der Waals surface area contributed by atoms with Crippen LogP contribution in [0.25, 0.3) is 0 Å². The lowest BCUT2D eigenvalue weighted by Gasteiger charge is -2.21. The number of carbonyl (C=O) groups excluding carboxylic acids is 1. The number of H-pyrrole nitrogens is 1. The molecule has 2 rings (SSSR count). The van der Waals surface area contributed by atoms with Gasteiger partial charge < -0.3 is 15.0 Å². The van der Waals surface area contributed by atoms with E-state index in [1.165, 1.54) is 6.33 Å².